The SMILES string of the molecule is CC(COC(=O)N1CCC(N2CCc3ccccc32)CC1)N(Cc1ccccc1)Cc1ccccc1. The molecule has 5 nitrogen and oxygen atoms in total. The predicted octanol–water partition coefficient (Wildman–Crippen LogP) is 5.74. The molecule has 2 heterocycles. The van der Waals surface area contributed by atoms with Crippen LogP contribution in [0.5, 0.6) is 0 Å². The van der Waals surface area contributed by atoms with E-state index in [0.29, 0.717) is 12.6 Å². The van der Waals surface area contributed by atoms with E-state index < -0.39 is 0 Å². The van der Waals surface area contributed by atoms with Crippen LogP contribution in [0.4, 0.5) is 10.5 Å². The van der Waals surface area contributed by atoms with Crippen LogP contribution in [0.25, 0.3) is 0 Å². The standard InChI is InChI=1S/C31H37N3O2/c1-25(33(22-26-10-4-2-5-11-26)23-27-12-6-3-7-13-27)24-36-31(35)32-19-17-29(18-20-32)34-21-16-28-14-8-9-15-30(28)34/h2-15,25,29H,16-24H2,1H3. The number of piperidine rings is 1. The summed E-state index contributed by atoms with van der Waals surface area (Å²) in [6.07, 6.45) is 2.93. The van der Waals surface area contributed by atoms with E-state index in [1.165, 1.54) is 22.4 Å². The third-order valence-electron chi connectivity index (χ3n) is 7.61. The Morgan fingerprint density at radius 2 is 1.44 bits per heavy atom. The number of nitrogens with zero attached hydrogens (tertiary/aromatic N) is 3. The molecule has 0 aromatic heterocycles. The van der Waals surface area contributed by atoms with E-state index in [2.05, 4.69) is 89.5 Å². The average Bonchev–Trinajstić information content (AvgIpc) is 3.37. The number of hydrogen-bond acceptors (Lipinski definition) is 4. The minimum absolute atomic E-state index is 0.105. The summed E-state index contributed by atoms with van der Waals surface area (Å²) < 4.78 is 5.85. The van der Waals surface area contributed by atoms with Crippen LogP contribution in [0.2, 0.25) is 0 Å². The van der Waals surface area contributed by atoms with Crippen LogP contribution in [0, 0.1) is 0 Å². The minimum Gasteiger partial charge on any atom is -0.448 e. The quantitative estimate of drug-likeness (QED) is 0.409. The fourth-order valence-corrected chi connectivity index (χ4v) is 5.50. The summed E-state index contributed by atoms with van der Waals surface area (Å²) in [7, 11) is 0. The lowest BCUT2D eigenvalue weighted by Gasteiger charge is -2.38. The van der Waals surface area contributed by atoms with Gasteiger partial charge in [-0.25, -0.2) is 4.79 Å². The molecule has 2 aliphatic heterocycles. The summed E-state index contributed by atoms with van der Waals surface area (Å²) in [5, 5.41) is 0. The van der Waals surface area contributed by atoms with Crippen LogP contribution in [0.3, 0.4) is 0 Å². The minimum atomic E-state index is -0.179. The molecule has 0 saturated carbocycles. The van der Waals surface area contributed by atoms with E-state index in [1.807, 2.05) is 17.0 Å². The highest BCUT2D eigenvalue weighted by Gasteiger charge is 2.31. The molecular formula is C31H37N3O2. The van der Waals surface area contributed by atoms with Crippen molar-refractivity contribution in [1.82, 2.24) is 9.80 Å². The maximum Gasteiger partial charge on any atom is 0.409 e. The fourth-order valence-electron chi connectivity index (χ4n) is 5.50. The number of fused-ring (bicyclic) bond motifs is 1. The molecule has 5 rings (SSSR count). The van der Waals surface area contributed by atoms with Crippen LogP contribution in [-0.2, 0) is 24.2 Å². The van der Waals surface area contributed by atoms with Crippen molar-refractivity contribution in [2.45, 2.75) is 51.4 Å². The van der Waals surface area contributed by atoms with Crippen molar-refractivity contribution in [3.8, 4) is 0 Å². The van der Waals surface area contributed by atoms with Gasteiger partial charge in [-0.3, -0.25) is 4.90 Å². The summed E-state index contributed by atoms with van der Waals surface area (Å²) in [5.41, 5.74) is 5.35. The first-order chi connectivity index (χ1) is 17.7. The van der Waals surface area contributed by atoms with Crippen molar-refractivity contribution in [2.24, 2.45) is 0 Å². The van der Waals surface area contributed by atoms with Crippen LogP contribution in [0.15, 0.2) is 84.9 Å². The third kappa shape index (κ3) is 5.90. The number of ether oxygens (including phenoxy) is 1. The monoisotopic (exact) mass is 483 g/mol. The molecule has 1 amide bonds. The van der Waals surface area contributed by atoms with E-state index >= 15 is 0 Å². The normalized spacial score (nSPS) is 16.7. The van der Waals surface area contributed by atoms with Crippen LogP contribution >= 0.6 is 0 Å². The van der Waals surface area contributed by atoms with E-state index in [4.69, 9.17) is 4.74 Å². The Labute approximate surface area is 215 Å². The van der Waals surface area contributed by atoms with Gasteiger partial charge in [0.05, 0.1) is 0 Å². The van der Waals surface area contributed by atoms with Crippen molar-refractivity contribution in [2.75, 3.05) is 31.1 Å². The summed E-state index contributed by atoms with van der Waals surface area (Å²) in [6.45, 7) is 6.77. The van der Waals surface area contributed by atoms with Gasteiger partial charge in [0, 0.05) is 50.5 Å². The lowest BCUT2D eigenvalue weighted by molar-refractivity contribution is 0.0588. The summed E-state index contributed by atoms with van der Waals surface area (Å²) in [5.74, 6) is 0. The zero-order chi connectivity index (χ0) is 24.7. The second-order valence-electron chi connectivity index (χ2n) is 10.1. The smallest absolute Gasteiger partial charge is 0.409 e. The van der Waals surface area contributed by atoms with Crippen LogP contribution in [0.1, 0.15) is 36.5 Å². The summed E-state index contributed by atoms with van der Waals surface area (Å²) in [6, 6.07) is 30.3. The molecule has 0 aliphatic carbocycles. The number of amides is 1. The zero-order valence-corrected chi connectivity index (χ0v) is 21.3. The van der Waals surface area contributed by atoms with E-state index in [0.717, 1.165) is 52.0 Å². The largest absolute Gasteiger partial charge is 0.448 e. The van der Waals surface area contributed by atoms with Gasteiger partial charge in [-0.15, -0.1) is 0 Å². The summed E-state index contributed by atoms with van der Waals surface area (Å²) >= 11 is 0. The average molecular weight is 484 g/mol. The van der Waals surface area contributed by atoms with E-state index in [-0.39, 0.29) is 12.1 Å². The lowest BCUT2D eigenvalue weighted by atomic mass is 10.0. The van der Waals surface area contributed by atoms with Gasteiger partial charge in [0.15, 0.2) is 0 Å². The maximum absolute atomic E-state index is 12.9. The van der Waals surface area contributed by atoms with Gasteiger partial charge in [-0.2, -0.15) is 0 Å². The Hall–Kier alpha value is -3.31. The number of para-hydroxylation sites is 1. The highest BCUT2D eigenvalue weighted by molar-refractivity contribution is 5.68. The number of hydrogen-bond donors (Lipinski definition) is 0. The Balaban J connectivity index is 1.13. The van der Waals surface area contributed by atoms with Crippen molar-refractivity contribution in [3.63, 3.8) is 0 Å². The molecule has 36 heavy (non-hydrogen) atoms. The first-order valence-corrected chi connectivity index (χ1v) is 13.3. The van der Waals surface area contributed by atoms with Gasteiger partial charge < -0.3 is 14.5 Å². The number of benzene rings is 3. The number of anilines is 1. The lowest BCUT2D eigenvalue weighted by Crippen LogP contribution is -2.47. The molecule has 3 aromatic carbocycles. The molecule has 0 spiro atoms. The van der Waals surface area contributed by atoms with Crippen molar-refractivity contribution in [3.05, 3.63) is 102 Å². The van der Waals surface area contributed by atoms with E-state index in [1.54, 1.807) is 0 Å². The predicted molar refractivity (Wildman–Crippen MR) is 145 cm³/mol. The molecule has 1 saturated heterocycles. The molecule has 1 fully saturated rings. The van der Waals surface area contributed by atoms with E-state index in [9.17, 15) is 4.79 Å². The van der Waals surface area contributed by atoms with Gasteiger partial charge in [0.25, 0.3) is 0 Å². The molecule has 5 heteroatoms. The Morgan fingerprint density at radius 3 is 2.08 bits per heavy atom. The first kappa shape index (κ1) is 24.4. The number of likely N-dealkylation sites (tertiary alicyclic amines) is 1. The molecular weight excluding hydrogens is 446 g/mol. The van der Waals surface area contributed by atoms with Crippen LogP contribution < -0.4 is 4.90 Å². The number of rotatable bonds is 8. The fraction of sp³-hybridized carbons (Fsp3) is 0.387. The van der Waals surface area contributed by atoms with Gasteiger partial charge in [0.1, 0.15) is 6.61 Å². The first-order valence-electron chi connectivity index (χ1n) is 13.3. The Bertz CT molecular complexity index is 1070. The number of carbonyl (C=O) groups excluding carboxylic acids is 1. The summed E-state index contributed by atoms with van der Waals surface area (Å²) in [4.78, 5) is 19.8. The zero-order valence-electron chi connectivity index (χ0n) is 21.3. The molecule has 0 radical (unpaired) electrons. The molecule has 1 unspecified atom stereocenters. The van der Waals surface area contributed by atoms with Gasteiger partial charge in [-0.05, 0) is 48.9 Å². The van der Waals surface area contributed by atoms with Gasteiger partial charge in [-0.1, -0.05) is 78.9 Å². The maximum atomic E-state index is 12.9. The van der Waals surface area contributed by atoms with Gasteiger partial charge in [0.2, 0.25) is 0 Å². The Kier molecular flexibility index (Phi) is 7.87. The van der Waals surface area contributed by atoms with Crippen molar-refractivity contribution >= 4 is 11.8 Å². The third-order valence-corrected chi connectivity index (χ3v) is 7.61. The van der Waals surface area contributed by atoms with Gasteiger partial charge >= 0.3 is 6.09 Å². The molecule has 188 valence electrons. The number of carbonyl (C=O) groups is 1. The second kappa shape index (κ2) is 11.6. The molecule has 3 aromatic rings. The highest BCUT2D eigenvalue weighted by atomic mass is 16.6. The molecule has 2 aliphatic rings. The Morgan fingerprint density at radius 1 is 0.861 bits per heavy atom. The molecule has 1 atom stereocenters. The molecule has 0 bridgehead atoms. The topological polar surface area (TPSA) is 36.0 Å². The highest BCUT2D eigenvalue weighted by Crippen LogP contribution is 2.32. The van der Waals surface area contributed by atoms with Crippen molar-refractivity contribution in [1.29, 1.82) is 0 Å². The van der Waals surface area contributed by atoms with Crippen molar-refractivity contribution < 1.29 is 9.53 Å². The molecule has 0 N–H and O–H groups in total. The second-order valence-corrected chi connectivity index (χ2v) is 10.1. The van der Waals surface area contributed by atoms with Crippen LogP contribution in [-0.4, -0.2) is 54.2 Å².